The number of hydrogen-bond acceptors (Lipinski definition) is 3. The van der Waals surface area contributed by atoms with Gasteiger partial charge < -0.3 is 9.30 Å². The van der Waals surface area contributed by atoms with Gasteiger partial charge in [-0.25, -0.2) is 4.98 Å². The van der Waals surface area contributed by atoms with Crippen LogP contribution in [0.2, 0.25) is 10.0 Å². The molecule has 0 radical (unpaired) electrons. The van der Waals surface area contributed by atoms with Gasteiger partial charge >= 0.3 is 0 Å². The minimum Gasteiger partial charge on any atom is -0.496 e. The van der Waals surface area contributed by atoms with Crippen LogP contribution in [0.4, 0.5) is 5.69 Å². The first-order valence-corrected chi connectivity index (χ1v) is 12.6. The number of halogens is 2. The van der Waals surface area contributed by atoms with Gasteiger partial charge in [-0.05, 0) is 80.8 Å². The highest BCUT2D eigenvalue weighted by molar-refractivity contribution is 6.31. The summed E-state index contributed by atoms with van der Waals surface area (Å²) in [5, 5.41) is 1.22. The lowest BCUT2D eigenvalue weighted by Crippen LogP contribution is -2.31. The van der Waals surface area contributed by atoms with Crippen molar-refractivity contribution in [3.05, 3.63) is 98.8 Å². The van der Waals surface area contributed by atoms with Gasteiger partial charge in [0.1, 0.15) is 17.6 Å². The Hall–Kier alpha value is -3.28. The first-order valence-electron chi connectivity index (χ1n) is 11.8. The van der Waals surface area contributed by atoms with Crippen molar-refractivity contribution in [2.45, 2.75) is 39.8 Å². The fourth-order valence-electron chi connectivity index (χ4n) is 5.08. The number of hydrogen-bond donors (Lipinski definition) is 0. The van der Waals surface area contributed by atoms with E-state index in [2.05, 4.69) is 18.4 Å². The number of anilines is 1. The van der Waals surface area contributed by atoms with Gasteiger partial charge in [-0.1, -0.05) is 47.5 Å². The molecule has 1 atom stereocenters. The number of amides is 1. The summed E-state index contributed by atoms with van der Waals surface area (Å²) in [4.78, 5) is 20.9. The smallest absolute Gasteiger partial charge is 0.279 e. The van der Waals surface area contributed by atoms with Crippen molar-refractivity contribution in [2.24, 2.45) is 0 Å². The van der Waals surface area contributed by atoms with Crippen molar-refractivity contribution in [2.75, 3.05) is 12.0 Å². The third-order valence-corrected chi connectivity index (χ3v) is 7.18. The molecule has 5 nitrogen and oxygen atoms in total. The molecule has 7 heteroatoms. The molecule has 1 aliphatic rings. The van der Waals surface area contributed by atoms with Crippen molar-refractivity contribution in [3.8, 4) is 17.1 Å². The van der Waals surface area contributed by atoms with E-state index in [1.807, 2.05) is 79.4 Å². The van der Waals surface area contributed by atoms with Crippen LogP contribution >= 0.6 is 23.2 Å². The van der Waals surface area contributed by atoms with Gasteiger partial charge in [0.05, 0.1) is 18.4 Å². The number of carbonyl (C=O) groups excluding carboxylic acids is 1. The molecule has 1 aliphatic heterocycles. The highest BCUT2D eigenvalue weighted by Gasteiger charge is 2.45. The lowest BCUT2D eigenvalue weighted by molar-refractivity contribution is 0.0989. The van der Waals surface area contributed by atoms with Gasteiger partial charge in [0.25, 0.3) is 5.91 Å². The van der Waals surface area contributed by atoms with E-state index in [4.69, 9.17) is 32.9 Å². The molecule has 1 aromatic heterocycles. The molecular weight excluding hydrogens is 493 g/mol. The molecule has 3 aromatic carbocycles. The van der Waals surface area contributed by atoms with E-state index in [0.717, 1.165) is 33.6 Å². The molecular formula is C29H27Cl2N3O2. The Morgan fingerprint density at radius 2 is 1.64 bits per heavy atom. The van der Waals surface area contributed by atoms with Crippen molar-refractivity contribution in [1.29, 1.82) is 0 Å². The number of aromatic nitrogens is 2. The van der Waals surface area contributed by atoms with E-state index in [1.165, 1.54) is 0 Å². The van der Waals surface area contributed by atoms with Gasteiger partial charge in [0.2, 0.25) is 0 Å². The fraction of sp³-hybridized carbons (Fsp3) is 0.241. The number of rotatable bonds is 5. The summed E-state index contributed by atoms with van der Waals surface area (Å²) in [7, 11) is 1.64. The highest BCUT2D eigenvalue weighted by Crippen LogP contribution is 2.47. The number of carbonyl (C=O) groups is 1. The minimum absolute atomic E-state index is 0.0319. The molecule has 0 fully saturated rings. The lowest BCUT2D eigenvalue weighted by atomic mass is 9.97. The Bertz CT molecular complexity index is 1490. The Morgan fingerprint density at radius 3 is 2.33 bits per heavy atom. The second-order valence-electron chi connectivity index (χ2n) is 9.34. The minimum atomic E-state index is -0.403. The average molecular weight is 520 g/mol. The molecule has 184 valence electrons. The van der Waals surface area contributed by atoms with Gasteiger partial charge in [-0.2, -0.15) is 0 Å². The summed E-state index contributed by atoms with van der Waals surface area (Å²) >= 11 is 12.7. The van der Waals surface area contributed by atoms with Crippen LogP contribution in [0.25, 0.3) is 11.4 Å². The number of ether oxygens (including phenoxy) is 1. The Kier molecular flexibility index (Phi) is 6.31. The maximum Gasteiger partial charge on any atom is 0.279 e. The molecule has 0 bridgehead atoms. The maximum atomic E-state index is 14.1. The largest absolute Gasteiger partial charge is 0.496 e. The summed E-state index contributed by atoms with van der Waals surface area (Å²) in [5.74, 6) is 1.25. The van der Waals surface area contributed by atoms with Crippen molar-refractivity contribution in [1.82, 2.24) is 9.55 Å². The SMILES string of the molecule is COc1ccccc1-c1nc2c(n1C(C)C)C(c1ccc(Cl)cc1C)N(c1cc(Cl)ccc1C)C2=O. The molecule has 0 spiro atoms. The molecule has 0 saturated heterocycles. The molecule has 36 heavy (non-hydrogen) atoms. The van der Waals surface area contributed by atoms with E-state index in [-0.39, 0.29) is 11.9 Å². The zero-order valence-electron chi connectivity index (χ0n) is 20.8. The number of para-hydroxylation sites is 1. The quantitative estimate of drug-likeness (QED) is 0.270. The van der Waals surface area contributed by atoms with Gasteiger partial charge in [-0.3, -0.25) is 9.69 Å². The first kappa shape index (κ1) is 24.4. The monoisotopic (exact) mass is 519 g/mol. The zero-order chi connectivity index (χ0) is 25.7. The first-order chi connectivity index (χ1) is 17.2. The number of nitrogens with zero attached hydrogens (tertiary/aromatic N) is 3. The van der Waals surface area contributed by atoms with E-state index < -0.39 is 6.04 Å². The van der Waals surface area contributed by atoms with Crippen LogP contribution < -0.4 is 9.64 Å². The van der Waals surface area contributed by atoms with Crippen LogP contribution in [-0.2, 0) is 0 Å². The summed E-state index contributed by atoms with van der Waals surface area (Å²) in [6, 6.07) is 18.8. The topological polar surface area (TPSA) is 47.4 Å². The van der Waals surface area contributed by atoms with E-state index in [9.17, 15) is 4.79 Å². The van der Waals surface area contributed by atoms with Crippen LogP contribution in [0.3, 0.4) is 0 Å². The molecule has 5 rings (SSSR count). The summed E-state index contributed by atoms with van der Waals surface area (Å²) < 4.78 is 7.80. The predicted octanol–water partition coefficient (Wildman–Crippen LogP) is 7.81. The molecule has 1 amide bonds. The average Bonchev–Trinajstić information content (AvgIpc) is 3.36. The van der Waals surface area contributed by atoms with Crippen LogP contribution in [-0.4, -0.2) is 22.6 Å². The highest BCUT2D eigenvalue weighted by atomic mass is 35.5. The maximum absolute atomic E-state index is 14.1. The predicted molar refractivity (Wildman–Crippen MR) is 146 cm³/mol. The van der Waals surface area contributed by atoms with Crippen molar-refractivity contribution in [3.63, 3.8) is 0 Å². The van der Waals surface area contributed by atoms with Gasteiger partial charge in [0, 0.05) is 21.8 Å². The molecule has 0 saturated carbocycles. The molecule has 0 N–H and O–H groups in total. The van der Waals surface area contributed by atoms with Crippen molar-refractivity contribution < 1.29 is 9.53 Å². The number of fused-ring (bicyclic) bond motifs is 1. The van der Waals surface area contributed by atoms with Gasteiger partial charge in [0.15, 0.2) is 5.69 Å². The second-order valence-corrected chi connectivity index (χ2v) is 10.2. The number of methoxy groups -OCH3 is 1. The molecule has 4 aromatic rings. The number of benzene rings is 3. The standard InChI is InChI=1S/C29H27Cl2N3O2/c1-16(2)33-27-25(32-28(33)22-8-6-7-9-24(22)36-5)29(35)34(23-15-20(31)11-10-17(23)3)26(27)21-13-12-19(30)14-18(21)4/h6-16,26H,1-5H3. The van der Waals surface area contributed by atoms with Crippen LogP contribution in [0.15, 0.2) is 60.7 Å². The number of aryl methyl sites for hydroxylation is 2. The molecule has 2 heterocycles. The molecule has 0 aliphatic carbocycles. The van der Waals surface area contributed by atoms with E-state index >= 15 is 0 Å². The third kappa shape index (κ3) is 3.87. The second kappa shape index (κ2) is 9.30. The zero-order valence-corrected chi connectivity index (χ0v) is 22.4. The van der Waals surface area contributed by atoms with Crippen molar-refractivity contribution >= 4 is 34.8 Å². The Balaban J connectivity index is 1.83. The Labute approximate surface area is 221 Å². The third-order valence-electron chi connectivity index (χ3n) is 6.71. The van der Waals surface area contributed by atoms with Crippen LogP contribution in [0, 0.1) is 13.8 Å². The van der Waals surface area contributed by atoms with E-state index in [1.54, 1.807) is 7.11 Å². The number of imidazole rings is 1. The van der Waals surface area contributed by atoms with Crippen LogP contribution in [0.1, 0.15) is 58.8 Å². The summed E-state index contributed by atoms with van der Waals surface area (Å²) in [6.07, 6.45) is 0. The van der Waals surface area contributed by atoms with Gasteiger partial charge in [-0.15, -0.1) is 0 Å². The fourth-order valence-corrected chi connectivity index (χ4v) is 5.48. The summed E-state index contributed by atoms with van der Waals surface area (Å²) in [5.41, 5.74) is 5.82. The van der Waals surface area contributed by atoms with E-state index in [0.29, 0.717) is 27.3 Å². The Morgan fingerprint density at radius 1 is 0.944 bits per heavy atom. The lowest BCUT2D eigenvalue weighted by Gasteiger charge is -2.30. The molecule has 1 unspecified atom stereocenters. The summed E-state index contributed by atoms with van der Waals surface area (Å²) in [6.45, 7) is 8.21. The van der Waals surface area contributed by atoms with Crippen LogP contribution in [0.5, 0.6) is 5.75 Å². The normalized spacial score (nSPS) is 15.1.